The van der Waals surface area contributed by atoms with Crippen LogP contribution in [-0.4, -0.2) is 34.0 Å². The lowest BCUT2D eigenvalue weighted by atomic mass is 9.98. The van der Waals surface area contributed by atoms with Gasteiger partial charge in [-0.15, -0.1) is 12.3 Å². The maximum Gasteiger partial charge on any atom is 0.305 e. The van der Waals surface area contributed by atoms with Crippen molar-refractivity contribution < 1.29 is 14.7 Å². The van der Waals surface area contributed by atoms with Gasteiger partial charge in [0, 0.05) is 24.4 Å². The van der Waals surface area contributed by atoms with Gasteiger partial charge in [0.15, 0.2) is 0 Å². The van der Waals surface area contributed by atoms with Gasteiger partial charge in [-0.05, 0) is 13.8 Å². The highest BCUT2D eigenvalue weighted by Gasteiger charge is 2.39. The van der Waals surface area contributed by atoms with E-state index >= 15 is 0 Å². The summed E-state index contributed by atoms with van der Waals surface area (Å²) in [4.78, 5) is 23.8. The standard InChI is InChI=1S/C11H15NO3/c1-4-8-5-9(13)12(7-8)11(2,3)6-10(14)15/h1,8H,5-7H2,2-3H3,(H,14,15). The Morgan fingerprint density at radius 3 is 2.73 bits per heavy atom. The molecule has 1 saturated heterocycles. The molecule has 0 saturated carbocycles. The predicted molar refractivity (Wildman–Crippen MR) is 55.0 cm³/mol. The maximum absolute atomic E-state index is 11.6. The molecule has 1 amide bonds. The summed E-state index contributed by atoms with van der Waals surface area (Å²) in [6.07, 6.45) is 5.53. The molecule has 15 heavy (non-hydrogen) atoms. The lowest BCUT2D eigenvalue weighted by molar-refractivity contribution is -0.142. The van der Waals surface area contributed by atoms with E-state index in [0.29, 0.717) is 13.0 Å². The van der Waals surface area contributed by atoms with Crippen molar-refractivity contribution in [2.24, 2.45) is 5.92 Å². The molecular weight excluding hydrogens is 194 g/mol. The first-order chi connectivity index (χ1) is 6.86. The number of hydrogen-bond acceptors (Lipinski definition) is 2. The molecular formula is C11H15NO3. The molecule has 1 aliphatic rings. The van der Waals surface area contributed by atoms with Crippen molar-refractivity contribution in [3.8, 4) is 12.3 Å². The third kappa shape index (κ3) is 2.50. The molecule has 1 aliphatic heterocycles. The zero-order chi connectivity index (χ0) is 11.6. The van der Waals surface area contributed by atoms with E-state index in [1.807, 2.05) is 0 Å². The molecule has 0 bridgehead atoms. The summed E-state index contributed by atoms with van der Waals surface area (Å²) in [5, 5.41) is 8.74. The van der Waals surface area contributed by atoms with Crippen LogP contribution in [0.5, 0.6) is 0 Å². The summed E-state index contributed by atoms with van der Waals surface area (Å²) in [5.74, 6) is 1.50. The van der Waals surface area contributed by atoms with Crippen LogP contribution in [0.2, 0.25) is 0 Å². The third-order valence-electron chi connectivity index (χ3n) is 2.68. The predicted octanol–water partition coefficient (Wildman–Crippen LogP) is 0.721. The van der Waals surface area contributed by atoms with Crippen LogP contribution >= 0.6 is 0 Å². The number of carbonyl (C=O) groups excluding carboxylic acids is 1. The van der Waals surface area contributed by atoms with Crippen LogP contribution in [0.15, 0.2) is 0 Å². The van der Waals surface area contributed by atoms with E-state index in [4.69, 9.17) is 11.5 Å². The summed E-state index contributed by atoms with van der Waals surface area (Å²) in [7, 11) is 0. The molecule has 1 N–H and O–H groups in total. The van der Waals surface area contributed by atoms with Gasteiger partial charge in [-0.3, -0.25) is 9.59 Å². The Hall–Kier alpha value is -1.50. The Morgan fingerprint density at radius 2 is 2.33 bits per heavy atom. The first kappa shape index (κ1) is 11.6. The summed E-state index contributed by atoms with van der Waals surface area (Å²) in [5.41, 5.74) is -0.658. The highest BCUT2D eigenvalue weighted by atomic mass is 16.4. The monoisotopic (exact) mass is 209 g/mol. The van der Waals surface area contributed by atoms with Crippen molar-refractivity contribution in [2.75, 3.05) is 6.54 Å². The quantitative estimate of drug-likeness (QED) is 0.697. The number of aliphatic carboxylic acids is 1. The van der Waals surface area contributed by atoms with Crippen molar-refractivity contribution in [1.82, 2.24) is 4.90 Å². The highest BCUT2D eigenvalue weighted by molar-refractivity contribution is 5.81. The van der Waals surface area contributed by atoms with E-state index in [-0.39, 0.29) is 18.2 Å². The smallest absolute Gasteiger partial charge is 0.305 e. The summed E-state index contributed by atoms with van der Waals surface area (Å²) >= 11 is 0. The molecule has 0 aromatic heterocycles. The number of hydrogen-bond donors (Lipinski definition) is 1. The Bertz CT molecular complexity index is 327. The number of rotatable bonds is 3. The summed E-state index contributed by atoms with van der Waals surface area (Å²) in [6.45, 7) is 3.96. The lowest BCUT2D eigenvalue weighted by Crippen LogP contribution is -2.46. The lowest BCUT2D eigenvalue weighted by Gasteiger charge is -2.34. The number of nitrogens with zero attached hydrogens (tertiary/aromatic N) is 1. The van der Waals surface area contributed by atoms with Crippen LogP contribution in [0.1, 0.15) is 26.7 Å². The first-order valence-electron chi connectivity index (χ1n) is 4.85. The van der Waals surface area contributed by atoms with Crippen LogP contribution < -0.4 is 0 Å². The van der Waals surface area contributed by atoms with E-state index in [2.05, 4.69) is 5.92 Å². The van der Waals surface area contributed by atoms with Gasteiger partial charge in [-0.2, -0.15) is 0 Å². The summed E-state index contributed by atoms with van der Waals surface area (Å²) in [6, 6.07) is 0. The zero-order valence-electron chi connectivity index (χ0n) is 8.99. The molecule has 0 aromatic carbocycles. The number of carboxylic acids is 1. The van der Waals surface area contributed by atoms with E-state index in [9.17, 15) is 9.59 Å². The van der Waals surface area contributed by atoms with Crippen molar-refractivity contribution in [1.29, 1.82) is 0 Å². The van der Waals surface area contributed by atoms with E-state index in [1.54, 1.807) is 18.7 Å². The van der Waals surface area contributed by atoms with Crippen molar-refractivity contribution in [3.05, 3.63) is 0 Å². The Balaban J connectivity index is 2.76. The molecule has 1 atom stereocenters. The topological polar surface area (TPSA) is 57.6 Å². The number of terminal acetylenes is 1. The van der Waals surface area contributed by atoms with Gasteiger partial charge in [0.1, 0.15) is 0 Å². The Morgan fingerprint density at radius 1 is 1.73 bits per heavy atom. The number of likely N-dealkylation sites (tertiary alicyclic amines) is 1. The second-order valence-corrected chi connectivity index (χ2v) is 4.46. The van der Waals surface area contributed by atoms with E-state index in [1.165, 1.54) is 0 Å². The average molecular weight is 209 g/mol. The second kappa shape index (κ2) is 3.93. The molecule has 4 heteroatoms. The Kier molecular flexibility index (Phi) is 3.04. The van der Waals surface area contributed by atoms with Gasteiger partial charge >= 0.3 is 5.97 Å². The fourth-order valence-electron chi connectivity index (χ4n) is 1.87. The molecule has 82 valence electrons. The fraction of sp³-hybridized carbons (Fsp3) is 0.636. The van der Waals surface area contributed by atoms with Crippen LogP contribution in [-0.2, 0) is 9.59 Å². The minimum absolute atomic E-state index is 0.0517. The molecule has 0 spiro atoms. The first-order valence-corrected chi connectivity index (χ1v) is 4.85. The van der Waals surface area contributed by atoms with Gasteiger partial charge in [-0.25, -0.2) is 0 Å². The van der Waals surface area contributed by atoms with Crippen LogP contribution in [0.3, 0.4) is 0 Å². The summed E-state index contributed by atoms with van der Waals surface area (Å²) < 4.78 is 0. The normalized spacial score (nSPS) is 21.5. The van der Waals surface area contributed by atoms with Gasteiger partial charge in [0.25, 0.3) is 0 Å². The van der Waals surface area contributed by atoms with Gasteiger partial charge in [-0.1, -0.05) is 0 Å². The van der Waals surface area contributed by atoms with Crippen molar-refractivity contribution in [3.63, 3.8) is 0 Å². The number of carbonyl (C=O) groups is 2. The Labute approximate surface area is 89.3 Å². The molecule has 1 heterocycles. The number of carboxylic acid groups (broad SMARTS) is 1. The second-order valence-electron chi connectivity index (χ2n) is 4.46. The fourth-order valence-corrected chi connectivity index (χ4v) is 1.87. The van der Waals surface area contributed by atoms with Crippen LogP contribution in [0.4, 0.5) is 0 Å². The molecule has 1 fully saturated rings. The molecule has 0 aliphatic carbocycles. The minimum atomic E-state index is -0.906. The van der Waals surface area contributed by atoms with E-state index in [0.717, 1.165) is 0 Å². The maximum atomic E-state index is 11.6. The third-order valence-corrected chi connectivity index (χ3v) is 2.68. The van der Waals surface area contributed by atoms with Crippen LogP contribution in [0, 0.1) is 18.3 Å². The van der Waals surface area contributed by atoms with Crippen LogP contribution in [0.25, 0.3) is 0 Å². The average Bonchev–Trinajstić information content (AvgIpc) is 2.45. The number of amides is 1. The highest BCUT2D eigenvalue weighted by Crippen LogP contribution is 2.27. The molecule has 1 rings (SSSR count). The van der Waals surface area contributed by atoms with Gasteiger partial charge in [0.05, 0.1) is 6.42 Å². The van der Waals surface area contributed by atoms with Crippen molar-refractivity contribution in [2.45, 2.75) is 32.2 Å². The minimum Gasteiger partial charge on any atom is -0.481 e. The molecule has 4 nitrogen and oxygen atoms in total. The molecule has 0 radical (unpaired) electrons. The van der Waals surface area contributed by atoms with Crippen molar-refractivity contribution >= 4 is 11.9 Å². The zero-order valence-corrected chi connectivity index (χ0v) is 8.99. The van der Waals surface area contributed by atoms with E-state index < -0.39 is 11.5 Å². The van der Waals surface area contributed by atoms with Gasteiger partial charge < -0.3 is 10.0 Å². The SMILES string of the molecule is C#CC1CC(=O)N(C(C)(C)CC(=O)O)C1. The van der Waals surface area contributed by atoms with Gasteiger partial charge in [0.2, 0.25) is 5.91 Å². The molecule has 1 unspecified atom stereocenters. The molecule has 0 aromatic rings. The largest absolute Gasteiger partial charge is 0.481 e.